The molecule has 1 aliphatic rings. The van der Waals surface area contributed by atoms with E-state index in [1.165, 1.54) is 0 Å². The van der Waals surface area contributed by atoms with E-state index in [2.05, 4.69) is 15.3 Å². The van der Waals surface area contributed by atoms with Crippen LogP contribution in [0.25, 0.3) is 11.4 Å². The number of nitrogens with zero attached hydrogens (tertiary/aromatic N) is 2. The smallest absolute Gasteiger partial charge is 0.186 e. The lowest BCUT2D eigenvalue weighted by molar-refractivity contribution is 0.297. The molecular formula is C15H16FN3O2. The molecule has 0 unspecified atom stereocenters. The van der Waals surface area contributed by atoms with Gasteiger partial charge in [-0.2, -0.15) is 0 Å². The maximum absolute atomic E-state index is 13.8. The highest BCUT2D eigenvalue weighted by Gasteiger charge is 2.15. The van der Waals surface area contributed by atoms with Crippen molar-refractivity contribution in [1.29, 1.82) is 0 Å². The number of hydrogen-bond donors (Lipinski definition) is 1. The van der Waals surface area contributed by atoms with Crippen molar-refractivity contribution in [2.45, 2.75) is 13.3 Å². The van der Waals surface area contributed by atoms with Gasteiger partial charge in [-0.05, 0) is 25.1 Å². The van der Waals surface area contributed by atoms with Crippen molar-refractivity contribution in [1.82, 2.24) is 9.97 Å². The van der Waals surface area contributed by atoms with Crippen molar-refractivity contribution in [2.75, 3.05) is 25.6 Å². The highest BCUT2D eigenvalue weighted by molar-refractivity contribution is 5.63. The number of rotatable bonds is 2. The first-order valence-electron chi connectivity index (χ1n) is 6.81. The maximum atomic E-state index is 13.8. The Morgan fingerprint density at radius 2 is 1.90 bits per heavy atom. The van der Waals surface area contributed by atoms with Crippen LogP contribution in [0.4, 0.5) is 10.2 Å². The average Bonchev–Trinajstić information content (AvgIpc) is 2.74. The van der Waals surface area contributed by atoms with E-state index in [-0.39, 0.29) is 5.82 Å². The zero-order valence-corrected chi connectivity index (χ0v) is 11.9. The molecule has 0 saturated heterocycles. The second-order valence-electron chi connectivity index (χ2n) is 4.76. The van der Waals surface area contributed by atoms with E-state index < -0.39 is 5.82 Å². The molecule has 0 bridgehead atoms. The molecule has 5 nitrogen and oxygen atoms in total. The number of fused-ring (bicyclic) bond motifs is 1. The van der Waals surface area contributed by atoms with Crippen LogP contribution in [0.1, 0.15) is 12.1 Å². The van der Waals surface area contributed by atoms with Crippen LogP contribution >= 0.6 is 0 Å². The molecule has 1 aliphatic heterocycles. The van der Waals surface area contributed by atoms with Gasteiger partial charge in [-0.25, -0.2) is 14.4 Å². The van der Waals surface area contributed by atoms with E-state index in [0.29, 0.717) is 36.2 Å². The van der Waals surface area contributed by atoms with Gasteiger partial charge in [0.15, 0.2) is 29.0 Å². The van der Waals surface area contributed by atoms with Crippen LogP contribution in [-0.2, 0) is 0 Å². The molecular weight excluding hydrogens is 273 g/mol. The molecule has 2 aromatic rings. The minimum atomic E-state index is -0.435. The Bertz CT molecular complexity index is 676. The summed E-state index contributed by atoms with van der Waals surface area (Å²) in [6.07, 6.45) is 0.847. The second-order valence-corrected chi connectivity index (χ2v) is 4.76. The van der Waals surface area contributed by atoms with Gasteiger partial charge in [0.05, 0.1) is 18.9 Å². The quantitative estimate of drug-likeness (QED) is 0.921. The summed E-state index contributed by atoms with van der Waals surface area (Å²) in [5.41, 5.74) is 1.07. The molecule has 0 saturated carbocycles. The van der Waals surface area contributed by atoms with Crippen molar-refractivity contribution >= 4 is 5.82 Å². The Hall–Kier alpha value is -2.37. The molecule has 3 rings (SSSR count). The molecule has 1 aromatic heterocycles. The predicted octanol–water partition coefficient (Wildman–Crippen LogP) is 2.79. The van der Waals surface area contributed by atoms with E-state index in [0.717, 1.165) is 12.0 Å². The zero-order valence-electron chi connectivity index (χ0n) is 11.9. The van der Waals surface area contributed by atoms with Gasteiger partial charge >= 0.3 is 0 Å². The number of halogens is 1. The fourth-order valence-electron chi connectivity index (χ4n) is 2.16. The molecule has 0 spiro atoms. The molecule has 1 aromatic carbocycles. The summed E-state index contributed by atoms with van der Waals surface area (Å²) in [6.45, 7) is 2.87. The topological polar surface area (TPSA) is 56.3 Å². The highest BCUT2D eigenvalue weighted by Crippen LogP contribution is 2.33. The molecule has 0 fully saturated rings. The van der Waals surface area contributed by atoms with Crippen LogP contribution in [0.5, 0.6) is 11.5 Å². The predicted molar refractivity (Wildman–Crippen MR) is 77.3 cm³/mol. The third kappa shape index (κ3) is 2.61. The fourth-order valence-corrected chi connectivity index (χ4v) is 2.16. The van der Waals surface area contributed by atoms with Crippen LogP contribution in [0.15, 0.2) is 18.2 Å². The minimum absolute atomic E-state index is 0.185. The first-order valence-corrected chi connectivity index (χ1v) is 6.81. The molecule has 2 heterocycles. The maximum Gasteiger partial charge on any atom is 0.186 e. The molecule has 0 radical (unpaired) electrons. The molecule has 110 valence electrons. The fraction of sp³-hybridized carbons (Fsp3) is 0.333. The third-order valence-electron chi connectivity index (χ3n) is 3.26. The number of aryl methyl sites for hydroxylation is 1. The number of benzene rings is 1. The lowest BCUT2D eigenvalue weighted by Gasteiger charge is -2.10. The largest absolute Gasteiger partial charge is 0.490 e. The SMILES string of the molecule is CNc1nc(-c2ccc3c(c2)OCCCO3)nc(C)c1F. The van der Waals surface area contributed by atoms with E-state index >= 15 is 0 Å². The van der Waals surface area contributed by atoms with Gasteiger partial charge in [0, 0.05) is 19.0 Å². The molecule has 0 atom stereocenters. The van der Waals surface area contributed by atoms with Crippen molar-refractivity contribution in [3.63, 3.8) is 0 Å². The average molecular weight is 289 g/mol. The Labute approximate surface area is 122 Å². The second kappa shape index (κ2) is 5.55. The van der Waals surface area contributed by atoms with Gasteiger partial charge in [0.25, 0.3) is 0 Å². The molecule has 6 heteroatoms. The van der Waals surface area contributed by atoms with Crippen molar-refractivity contribution < 1.29 is 13.9 Å². The molecule has 0 aliphatic carbocycles. The first-order chi connectivity index (χ1) is 10.2. The van der Waals surface area contributed by atoms with Gasteiger partial charge in [0.1, 0.15) is 0 Å². The summed E-state index contributed by atoms with van der Waals surface area (Å²) in [4.78, 5) is 8.40. The van der Waals surface area contributed by atoms with E-state index in [9.17, 15) is 4.39 Å². The van der Waals surface area contributed by atoms with Crippen molar-refractivity contribution in [2.24, 2.45) is 0 Å². The van der Waals surface area contributed by atoms with Crippen LogP contribution in [0, 0.1) is 12.7 Å². The lowest BCUT2D eigenvalue weighted by atomic mass is 10.2. The summed E-state index contributed by atoms with van der Waals surface area (Å²) in [6, 6.07) is 5.50. The van der Waals surface area contributed by atoms with E-state index in [4.69, 9.17) is 9.47 Å². The van der Waals surface area contributed by atoms with Crippen LogP contribution in [0.2, 0.25) is 0 Å². The van der Waals surface area contributed by atoms with E-state index in [1.54, 1.807) is 14.0 Å². The molecule has 21 heavy (non-hydrogen) atoms. The Balaban J connectivity index is 2.04. The summed E-state index contributed by atoms with van der Waals surface area (Å²) < 4.78 is 25.0. The number of aromatic nitrogens is 2. The number of nitrogens with one attached hydrogen (secondary N) is 1. The number of ether oxygens (including phenoxy) is 2. The zero-order chi connectivity index (χ0) is 14.8. The summed E-state index contributed by atoms with van der Waals surface area (Å²) in [7, 11) is 1.63. The Kier molecular flexibility index (Phi) is 3.60. The van der Waals surface area contributed by atoms with Gasteiger partial charge in [0.2, 0.25) is 0 Å². The summed E-state index contributed by atoms with van der Waals surface area (Å²) in [5.74, 6) is 1.58. The van der Waals surface area contributed by atoms with Crippen molar-refractivity contribution in [3.8, 4) is 22.9 Å². The summed E-state index contributed by atoms with van der Waals surface area (Å²) >= 11 is 0. The Morgan fingerprint density at radius 3 is 2.67 bits per heavy atom. The van der Waals surface area contributed by atoms with Crippen LogP contribution in [-0.4, -0.2) is 30.2 Å². The number of anilines is 1. The summed E-state index contributed by atoms with van der Waals surface area (Å²) in [5, 5.41) is 2.74. The standard InChI is InChI=1S/C15H16FN3O2/c1-9-13(16)15(17-2)19-14(18-9)10-4-5-11-12(8-10)21-7-3-6-20-11/h4-5,8H,3,6-7H2,1-2H3,(H,17,18,19). The van der Waals surface area contributed by atoms with E-state index in [1.807, 2.05) is 18.2 Å². The lowest BCUT2D eigenvalue weighted by Crippen LogP contribution is -2.03. The number of hydrogen-bond acceptors (Lipinski definition) is 5. The van der Waals surface area contributed by atoms with Gasteiger partial charge in [-0.15, -0.1) is 0 Å². The van der Waals surface area contributed by atoms with Gasteiger partial charge in [-0.1, -0.05) is 0 Å². The Morgan fingerprint density at radius 1 is 1.14 bits per heavy atom. The first kappa shape index (κ1) is 13.6. The highest BCUT2D eigenvalue weighted by atomic mass is 19.1. The van der Waals surface area contributed by atoms with Crippen molar-refractivity contribution in [3.05, 3.63) is 29.7 Å². The third-order valence-corrected chi connectivity index (χ3v) is 3.26. The van der Waals surface area contributed by atoms with Gasteiger partial charge < -0.3 is 14.8 Å². The van der Waals surface area contributed by atoms with Crippen LogP contribution in [0.3, 0.4) is 0 Å². The minimum Gasteiger partial charge on any atom is -0.490 e. The normalized spacial score (nSPS) is 13.7. The van der Waals surface area contributed by atoms with Gasteiger partial charge in [-0.3, -0.25) is 0 Å². The molecule has 1 N–H and O–H groups in total. The molecule has 0 amide bonds. The van der Waals surface area contributed by atoms with Crippen LogP contribution < -0.4 is 14.8 Å². The monoisotopic (exact) mass is 289 g/mol.